The normalized spacial score (nSPS) is 16.0. The van der Waals surface area contributed by atoms with E-state index in [1.54, 1.807) is 12.3 Å². The highest BCUT2D eigenvalue weighted by atomic mass is 79.9. The van der Waals surface area contributed by atoms with Gasteiger partial charge in [-0.3, -0.25) is 15.0 Å². The number of piperidine rings is 1. The maximum atomic E-state index is 11.1. The van der Waals surface area contributed by atoms with E-state index in [0.717, 1.165) is 36.9 Å². The Hall–Kier alpha value is -1.99. The lowest BCUT2D eigenvalue weighted by atomic mass is 10.0. The highest BCUT2D eigenvalue weighted by Crippen LogP contribution is 2.24. The molecule has 3 rings (SSSR count). The molecular weight excluding hydrogens is 372 g/mol. The van der Waals surface area contributed by atoms with Gasteiger partial charge in [0, 0.05) is 42.4 Å². The smallest absolute Gasteiger partial charge is 0.311 e. The summed E-state index contributed by atoms with van der Waals surface area (Å²) in [5, 5.41) is 14.3. The SMILES string of the molecule is O=[N+]([O-])c1cccnc1NC1CCN(Cc2ccc(Br)cc2)CC1. The van der Waals surface area contributed by atoms with E-state index in [1.807, 2.05) is 0 Å². The number of nitrogens with zero attached hydrogens (tertiary/aromatic N) is 3. The lowest BCUT2D eigenvalue weighted by Crippen LogP contribution is -2.38. The first-order valence-electron chi connectivity index (χ1n) is 7.94. The molecule has 0 radical (unpaired) electrons. The lowest BCUT2D eigenvalue weighted by Gasteiger charge is -2.32. The summed E-state index contributed by atoms with van der Waals surface area (Å²) in [4.78, 5) is 17.2. The predicted molar refractivity (Wildman–Crippen MR) is 97.0 cm³/mol. The van der Waals surface area contributed by atoms with Crippen LogP contribution >= 0.6 is 15.9 Å². The molecule has 1 aromatic heterocycles. The van der Waals surface area contributed by atoms with Crippen molar-refractivity contribution < 1.29 is 4.92 Å². The standard InChI is InChI=1S/C17H19BrN4O2/c18-14-5-3-13(4-6-14)12-21-10-7-15(8-11-21)20-17-16(22(23)24)2-1-9-19-17/h1-6,9,15H,7-8,10-12H2,(H,19,20). The van der Waals surface area contributed by atoms with Crippen molar-refractivity contribution in [3.8, 4) is 0 Å². The first-order chi connectivity index (χ1) is 11.6. The molecule has 126 valence electrons. The zero-order chi connectivity index (χ0) is 16.9. The van der Waals surface area contributed by atoms with Crippen molar-refractivity contribution in [1.29, 1.82) is 0 Å². The number of rotatable bonds is 5. The molecule has 2 heterocycles. The number of aromatic nitrogens is 1. The zero-order valence-electron chi connectivity index (χ0n) is 13.2. The molecule has 0 aliphatic carbocycles. The first kappa shape index (κ1) is 16.9. The van der Waals surface area contributed by atoms with Gasteiger partial charge < -0.3 is 5.32 Å². The fourth-order valence-corrected chi connectivity index (χ4v) is 3.20. The van der Waals surface area contributed by atoms with Gasteiger partial charge in [0.2, 0.25) is 5.82 Å². The summed E-state index contributed by atoms with van der Waals surface area (Å²) in [6.45, 7) is 2.87. The third-order valence-corrected chi connectivity index (χ3v) is 4.76. The second kappa shape index (κ2) is 7.72. The van der Waals surface area contributed by atoms with Crippen LogP contribution in [-0.2, 0) is 6.54 Å². The highest BCUT2D eigenvalue weighted by molar-refractivity contribution is 9.10. The van der Waals surface area contributed by atoms with Crippen molar-refractivity contribution >= 4 is 27.4 Å². The van der Waals surface area contributed by atoms with Gasteiger partial charge in [-0.1, -0.05) is 28.1 Å². The number of nitro groups is 1. The molecule has 0 bridgehead atoms. The molecule has 1 N–H and O–H groups in total. The minimum atomic E-state index is -0.391. The molecule has 1 fully saturated rings. The summed E-state index contributed by atoms with van der Waals surface area (Å²) >= 11 is 3.45. The van der Waals surface area contributed by atoms with E-state index < -0.39 is 4.92 Å². The molecule has 0 amide bonds. The van der Waals surface area contributed by atoms with Gasteiger partial charge in [0.15, 0.2) is 0 Å². The number of halogens is 1. The third-order valence-electron chi connectivity index (χ3n) is 4.23. The molecule has 1 saturated heterocycles. The number of hydrogen-bond acceptors (Lipinski definition) is 5. The van der Waals surface area contributed by atoms with Crippen LogP contribution < -0.4 is 5.32 Å². The number of anilines is 1. The van der Waals surface area contributed by atoms with Crippen molar-refractivity contribution in [2.75, 3.05) is 18.4 Å². The van der Waals surface area contributed by atoms with Crippen LogP contribution in [0.1, 0.15) is 18.4 Å². The van der Waals surface area contributed by atoms with E-state index in [1.165, 1.54) is 11.6 Å². The first-order valence-corrected chi connectivity index (χ1v) is 8.74. The quantitative estimate of drug-likeness (QED) is 0.620. The van der Waals surface area contributed by atoms with Gasteiger partial charge in [-0.25, -0.2) is 4.98 Å². The molecule has 0 unspecified atom stereocenters. The van der Waals surface area contributed by atoms with E-state index in [0.29, 0.717) is 5.82 Å². The van der Waals surface area contributed by atoms with Crippen LogP contribution in [0.4, 0.5) is 11.5 Å². The Balaban J connectivity index is 1.54. The van der Waals surface area contributed by atoms with E-state index in [2.05, 4.69) is 55.4 Å². The van der Waals surface area contributed by atoms with Crippen molar-refractivity contribution in [1.82, 2.24) is 9.88 Å². The van der Waals surface area contributed by atoms with Crippen LogP contribution in [0, 0.1) is 10.1 Å². The summed E-state index contributed by atoms with van der Waals surface area (Å²) in [5.41, 5.74) is 1.33. The molecule has 24 heavy (non-hydrogen) atoms. The Bertz CT molecular complexity index is 700. The Morgan fingerprint density at radius 1 is 1.25 bits per heavy atom. The van der Waals surface area contributed by atoms with E-state index in [9.17, 15) is 10.1 Å². The van der Waals surface area contributed by atoms with Gasteiger partial charge in [0.05, 0.1) is 4.92 Å². The molecule has 0 saturated carbocycles. The molecule has 0 spiro atoms. The Morgan fingerprint density at radius 3 is 2.62 bits per heavy atom. The molecule has 1 aromatic carbocycles. The van der Waals surface area contributed by atoms with Crippen molar-refractivity contribution in [2.24, 2.45) is 0 Å². The van der Waals surface area contributed by atoms with Gasteiger partial charge >= 0.3 is 5.69 Å². The van der Waals surface area contributed by atoms with Gasteiger partial charge in [-0.15, -0.1) is 0 Å². The average molecular weight is 391 g/mol. The minimum absolute atomic E-state index is 0.0368. The fourth-order valence-electron chi connectivity index (χ4n) is 2.93. The molecule has 1 aliphatic heterocycles. The van der Waals surface area contributed by atoms with Crippen molar-refractivity contribution in [2.45, 2.75) is 25.4 Å². The molecule has 0 atom stereocenters. The minimum Gasteiger partial charge on any atom is -0.362 e. The van der Waals surface area contributed by atoms with E-state index in [-0.39, 0.29) is 11.7 Å². The summed E-state index contributed by atoms with van der Waals surface area (Å²) in [5.74, 6) is 0.369. The summed E-state index contributed by atoms with van der Waals surface area (Å²) in [6.07, 6.45) is 3.48. The number of benzene rings is 1. The van der Waals surface area contributed by atoms with Crippen LogP contribution in [0.3, 0.4) is 0 Å². The maximum absolute atomic E-state index is 11.1. The molecular formula is C17H19BrN4O2. The molecule has 1 aliphatic rings. The fraction of sp³-hybridized carbons (Fsp3) is 0.353. The largest absolute Gasteiger partial charge is 0.362 e. The van der Waals surface area contributed by atoms with Crippen LogP contribution in [-0.4, -0.2) is 33.9 Å². The topological polar surface area (TPSA) is 71.3 Å². The molecule has 2 aromatic rings. The van der Waals surface area contributed by atoms with Gasteiger partial charge in [0.25, 0.3) is 0 Å². The van der Waals surface area contributed by atoms with Crippen molar-refractivity contribution in [3.63, 3.8) is 0 Å². The van der Waals surface area contributed by atoms with Crippen LogP contribution in [0.15, 0.2) is 47.1 Å². The Labute approximate surface area is 149 Å². The second-order valence-electron chi connectivity index (χ2n) is 5.95. The second-order valence-corrected chi connectivity index (χ2v) is 6.87. The third kappa shape index (κ3) is 4.30. The zero-order valence-corrected chi connectivity index (χ0v) is 14.8. The van der Waals surface area contributed by atoms with Crippen LogP contribution in [0.5, 0.6) is 0 Å². The van der Waals surface area contributed by atoms with Crippen LogP contribution in [0.2, 0.25) is 0 Å². The Morgan fingerprint density at radius 2 is 1.96 bits per heavy atom. The van der Waals surface area contributed by atoms with Gasteiger partial charge in [-0.05, 0) is 36.6 Å². The Kier molecular flexibility index (Phi) is 5.42. The van der Waals surface area contributed by atoms with Crippen LogP contribution in [0.25, 0.3) is 0 Å². The number of nitrogens with one attached hydrogen (secondary N) is 1. The average Bonchev–Trinajstić information content (AvgIpc) is 2.59. The van der Waals surface area contributed by atoms with Gasteiger partial charge in [-0.2, -0.15) is 0 Å². The summed E-state index contributed by atoms with van der Waals surface area (Å²) < 4.78 is 1.09. The number of likely N-dealkylation sites (tertiary alicyclic amines) is 1. The lowest BCUT2D eigenvalue weighted by molar-refractivity contribution is -0.384. The molecule has 6 nitrogen and oxygen atoms in total. The summed E-state index contributed by atoms with van der Waals surface area (Å²) in [6, 6.07) is 11.7. The van der Waals surface area contributed by atoms with E-state index in [4.69, 9.17) is 0 Å². The summed E-state index contributed by atoms with van der Waals surface area (Å²) in [7, 11) is 0. The number of pyridine rings is 1. The maximum Gasteiger partial charge on any atom is 0.311 e. The highest BCUT2D eigenvalue weighted by Gasteiger charge is 2.22. The number of hydrogen-bond donors (Lipinski definition) is 1. The monoisotopic (exact) mass is 390 g/mol. The molecule has 7 heteroatoms. The van der Waals surface area contributed by atoms with E-state index >= 15 is 0 Å². The van der Waals surface area contributed by atoms with Crippen molar-refractivity contribution in [3.05, 3.63) is 62.7 Å². The van der Waals surface area contributed by atoms with Gasteiger partial charge in [0.1, 0.15) is 0 Å². The predicted octanol–water partition coefficient (Wildman–Crippen LogP) is 3.83.